The second-order valence-corrected chi connectivity index (χ2v) is 4.76. The molecule has 0 amide bonds. The van der Waals surface area contributed by atoms with Crippen LogP contribution in [0.25, 0.3) is 0 Å². The van der Waals surface area contributed by atoms with E-state index in [1.54, 1.807) is 10.9 Å². The molecule has 112 valence electrons. The molecule has 2 aromatic rings. The van der Waals surface area contributed by atoms with E-state index >= 15 is 0 Å². The molecule has 0 aliphatic carbocycles. The van der Waals surface area contributed by atoms with Crippen molar-refractivity contribution in [3.63, 3.8) is 0 Å². The molecular weight excluding hydrogens is 292 g/mol. The first-order valence-corrected chi connectivity index (χ1v) is 7.09. The van der Waals surface area contributed by atoms with E-state index in [1.807, 2.05) is 31.2 Å². The highest BCUT2D eigenvalue weighted by Gasteiger charge is 2.10. The Kier molecular flexibility index (Phi) is 5.78. The minimum absolute atomic E-state index is 0.238. The van der Waals surface area contributed by atoms with Gasteiger partial charge >= 0.3 is 5.97 Å². The van der Waals surface area contributed by atoms with Crippen LogP contribution in [0.15, 0.2) is 36.7 Å². The Hall–Kier alpha value is -1.85. The molecule has 6 heteroatoms. The zero-order valence-electron chi connectivity index (χ0n) is 11.8. The quantitative estimate of drug-likeness (QED) is 0.583. The van der Waals surface area contributed by atoms with Gasteiger partial charge < -0.3 is 9.47 Å². The summed E-state index contributed by atoms with van der Waals surface area (Å²) in [6.45, 7) is 3.64. The van der Waals surface area contributed by atoms with Crippen molar-refractivity contribution in [1.29, 1.82) is 0 Å². The molecule has 0 atom stereocenters. The average Bonchev–Trinajstić information content (AvgIpc) is 2.94. The lowest BCUT2D eigenvalue weighted by Gasteiger charge is -2.04. The summed E-state index contributed by atoms with van der Waals surface area (Å²) in [6, 6.07) is 7.52. The van der Waals surface area contributed by atoms with Crippen LogP contribution in [0.3, 0.4) is 0 Å². The summed E-state index contributed by atoms with van der Waals surface area (Å²) in [5, 5.41) is 4.82. The second kappa shape index (κ2) is 7.81. The predicted molar refractivity (Wildman–Crippen MR) is 79.6 cm³/mol. The minimum atomic E-state index is -0.403. The van der Waals surface area contributed by atoms with Gasteiger partial charge in [-0.2, -0.15) is 5.10 Å². The molecule has 0 aliphatic rings. The van der Waals surface area contributed by atoms with E-state index in [9.17, 15) is 4.79 Å². The lowest BCUT2D eigenvalue weighted by molar-refractivity contribution is 0.0335. The first kappa shape index (κ1) is 15.5. The predicted octanol–water partition coefficient (Wildman–Crippen LogP) is 2.78. The Labute approximate surface area is 128 Å². The van der Waals surface area contributed by atoms with E-state index in [-0.39, 0.29) is 6.61 Å². The van der Waals surface area contributed by atoms with Gasteiger partial charge in [-0.1, -0.05) is 29.8 Å². The lowest BCUT2D eigenvalue weighted by atomic mass is 10.2. The van der Waals surface area contributed by atoms with Gasteiger partial charge in [0.1, 0.15) is 6.61 Å². The molecule has 1 heterocycles. The Morgan fingerprint density at radius 2 is 2.14 bits per heavy atom. The third-order valence-corrected chi connectivity index (χ3v) is 3.19. The first-order chi connectivity index (χ1) is 10.2. The summed E-state index contributed by atoms with van der Waals surface area (Å²) in [4.78, 5) is 11.8. The number of rotatable bonds is 7. The molecule has 0 bridgehead atoms. The number of halogens is 1. The second-order valence-electron chi connectivity index (χ2n) is 4.35. The van der Waals surface area contributed by atoms with Gasteiger partial charge in [0, 0.05) is 17.8 Å². The van der Waals surface area contributed by atoms with Crippen LogP contribution in [0.2, 0.25) is 5.02 Å². The van der Waals surface area contributed by atoms with Crippen molar-refractivity contribution in [2.75, 3.05) is 19.8 Å². The van der Waals surface area contributed by atoms with Crippen LogP contribution in [-0.4, -0.2) is 35.6 Å². The number of esters is 1. The van der Waals surface area contributed by atoms with Crippen molar-refractivity contribution in [2.24, 2.45) is 0 Å². The van der Waals surface area contributed by atoms with Crippen molar-refractivity contribution in [2.45, 2.75) is 13.5 Å². The molecule has 21 heavy (non-hydrogen) atoms. The van der Waals surface area contributed by atoms with Gasteiger partial charge in [-0.15, -0.1) is 0 Å². The largest absolute Gasteiger partial charge is 0.460 e. The Morgan fingerprint density at radius 1 is 1.33 bits per heavy atom. The fraction of sp³-hybridized carbons (Fsp3) is 0.333. The number of aromatic nitrogens is 2. The molecule has 0 unspecified atom stereocenters. The van der Waals surface area contributed by atoms with Crippen LogP contribution in [0.5, 0.6) is 0 Å². The Bertz CT molecular complexity index is 598. The molecule has 1 aromatic carbocycles. The molecule has 1 aromatic heterocycles. The highest BCUT2D eigenvalue weighted by molar-refractivity contribution is 6.31. The molecule has 0 N–H and O–H groups in total. The minimum Gasteiger partial charge on any atom is -0.460 e. The van der Waals surface area contributed by atoms with Crippen molar-refractivity contribution >= 4 is 17.6 Å². The van der Waals surface area contributed by atoms with Gasteiger partial charge in [0.25, 0.3) is 0 Å². The van der Waals surface area contributed by atoms with E-state index < -0.39 is 5.97 Å². The topological polar surface area (TPSA) is 53.4 Å². The van der Waals surface area contributed by atoms with Crippen molar-refractivity contribution in [3.8, 4) is 0 Å². The van der Waals surface area contributed by atoms with Crippen LogP contribution in [-0.2, 0) is 16.0 Å². The fourth-order valence-electron chi connectivity index (χ4n) is 1.78. The highest BCUT2D eigenvalue weighted by atomic mass is 35.5. The van der Waals surface area contributed by atoms with E-state index in [4.69, 9.17) is 21.1 Å². The zero-order valence-corrected chi connectivity index (χ0v) is 12.5. The monoisotopic (exact) mass is 308 g/mol. The number of hydrogen-bond donors (Lipinski definition) is 0. The summed E-state index contributed by atoms with van der Waals surface area (Å²) in [7, 11) is 0. The van der Waals surface area contributed by atoms with Gasteiger partial charge in [-0.05, 0) is 18.6 Å². The van der Waals surface area contributed by atoms with Crippen LogP contribution < -0.4 is 0 Å². The summed E-state index contributed by atoms with van der Waals surface area (Å²) in [6.07, 6.45) is 3.13. The summed E-state index contributed by atoms with van der Waals surface area (Å²) in [5.74, 6) is -0.403. The van der Waals surface area contributed by atoms with Crippen molar-refractivity contribution in [1.82, 2.24) is 9.78 Å². The van der Waals surface area contributed by atoms with Crippen LogP contribution in [0.1, 0.15) is 22.8 Å². The van der Waals surface area contributed by atoms with E-state index in [0.717, 1.165) is 5.56 Å². The SMILES string of the molecule is CCOCCOC(=O)c1cnn(Cc2ccccc2Cl)c1. The molecule has 0 saturated carbocycles. The standard InChI is InChI=1S/C15H17ClN2O3/c1-2-20-7-8-21-15(19)13-9-17-18(11-13)10-12-5-3-4-6-14(12)16/h3-6,9,11H,2,7-8,10H2,1H3. The number of carbonyl (C=O) groups is 1. The number of ether oxygens (including phenoxy) is 2. The Balaban J connectivity index is 1.92. The fourth-order valence-corrected chi connectivity index (χ4v) is 1.97. The average molecular weight is 309 g/mol. The van der Waals surface area contributed by atoms with Gasteiger partial charge in [-0.3, -0.25) is 4.68 Å². The van der Waals surface area contributed by atoms with E-state index in [2.05, 4.69) is 5.10 Å². The molecular formula is C15H17ClN2O3. The lowest BCUT2D eigenvalue weighted by Crippen LogP contribution is -2.10. The maximum atomic E-state index is 11.8. The summed E-state index contributed by atoms with van der Waals surface area (Å²) < 4.78 is 11.8. The molecule has 5 nitrogen and oxygen atoms in total. The number of hydrogen-bond acceptors (Lipinski definition) is 4. The van der Waals surface area contributed by atoms with Crippen LogP contribution in [0.4, 0.5) is 0 Å². The molecule has 0 radical (unpaired) electrons. The normalized spacial score (nSPS) is 10.6. The Morgan fingerprint density at radius 3 is 2.90 bits per heavy atom. The number of nitrogens with zero attached hydrogens (tertiary/aromatic N) is 2. The van der Waals surface area contributed by atoms with Gasteiger partial charge in [0.05, 0.1) is 24.9 Å². The molecule has 0 saturated heterocycles. The van der Waals surface area contributed by atoms with Crippen LogP contribution >= 0.6 is 11.6 Å². The maximum Gasteiger partial charge on any atom is 0.341 e. The highest BCUT2D eigenvalue weighted by Crippen LogP contribution is 2.16. The third kappa shape index (κ3) is 4.58. The number of benzene rings is 1. The molecule has 0 spiro atoms. The molecule has 2 rings (SSSR count). The molecule has 0 fully saturated rings. The summed E-state index contributed by atoms with van der Waals surface area (Å²) >= 11 is 6.10. The van der Waals surface area contributed by atoms with Gasteiger partial charge in [0.2, 0.25) is 0 Å². The smallest absolute Gasteiger partial charge is 0.341 e. The van der Waals surface area contributed by atoms with Gasteiger partial charge in [-0.25, -0.2) is 4.79 Å². The van der Waals surface area contributed by atoms with Crippen LogP contribution in [0, 0.1) is 0 Å². The van der Waals surface area contributed by atoms with Gasteiger partial charge in [0.15, 0.2) is 0 Å². The van der Waals surface area contributed by atoms with Crippen molar-refractivity contribution < 1.29 is 14.3 Å². The summed E-state index contributed by atoms with van der Waals surface area (Å²) in [5.41, 5.74) is 1.36. The first-order valence-electron chi connectivity index (χ1n) is 6.71. The van der Waals surface area contributed by atoms with Crippen molar-refractivity contribution in [3.05, 3.63) is 52.8 Å². The maximum absolute atomic E-state index is 11.8. The van der Waals surface area contributed by atoms with E-state index in [1.165, 1.54) is 6.20 Å². The number of carbonyl (C=O) groups excluding carboxylic acids is 1. The third-order valence-electron chi connectivity index (χ3n) is 2.82. The zero-order chi connectivity index (χ0) is 15.1. The van der Waals surface area contributed by atoms with E-state index in [0.29, 0.717) is 30.3 Å². The molecule has 0 aliphatic heterocycles.